The molecule has 0 aliphatic heterocycles. The molecule has 1 aliphatic rings. The first kappa shape index (κ1) is 18.8. The number of halogens is 3. The lowest BCUT2D eigenvalue weighted by molar-refractivity contribution is -0.137. The molecule has 0 unspecified atom stereocenters. The smallest absolute Gasteiger partial charge is 0.301 e. The van der Waals surface area contributed by atoms with Gasteiger partial charge in [0.05, 0.1) is 17.0 Å². The van der Waals surface area contributed by atoms with Crippen LogP contribution in [0.15, 0.2) is 40.7 Å². The van der Waals surface area contributed by atoms with E-state index in [1.54, 1.807) is 5.38 Å². The molecule has 140 valence electrons. The molecule has 11 heteroatoms. The van der Waals surface area contributed by atoms with Gasteiger partial charge in [-0.1, -0.05) is 6.07 Å². The van der Waals surface area contributed by atoms with Crippen LogP contribution in [-0.2, 0) is 21.0 Å². The molecular weight excluding hydrogens is 391 g/mol. The molecule has 1 aliphatic carbocycles. The van der Waals surface area contributed by atoms with Gasteiger partial charge in [-0.05, 0) is 31.0 Å². The predicted octanol–water partition coefficient (Wildman–Crippen LogP) is 2.95. The van der Waals surface area contributed by atoms with Gasteiger partial charge in [0.15, 0.2) is 5.13 Å². The lowest BCUT2D eigenvalue weighted by atomic mass is 10.2. The van der Waals surface area contributed by atoms with Gasteiger partial charge in [0.2, 0.25) is 15.9 Å². The first-order chi connectivity index (χ1) is 12.2. The Balaban J connectivity index is 1.84. The average Bonchev–Trinajstić information content (AvgIpc) is 3.28. The van der Waals surface area contributed by atoms with Crippen molar-refractivity contribution in [3.63, 3.8) is 0 Å². The summed E-state index contributed by atoms with van der Waals surface area (Å²) >= 11 is 1.17. The van der Waals surface area contributed by atoms with Gasteiger partial charge in [-0.25, -0.2) is 13.4 Å². The largest absolute Gasteiger partial charge is 0.416 e. The molecular formula is C15H14F3N3O3S2. The number of nitrogens with one attached hydrogen (secondary N) is 1. The highest BCUT2D eigenvalue weighted by molar-refractivity contribution is 7.89. The van der Waals surface area contributed by atoms with Crippen molar-refractivity contribution in [2.45, 2.75) is 30.0 Å². The Morgan fingerprint density at radius 2 is 2.08 bits per heavy atom. The maximum Gasteiger partial charge on any atom is 0.416 e. The van der Waals surface area contributed by atoms with Crippen molar-refractivity contribution in [3.05, 3.63) is 41.4 Å². The molecule has 1 amide bonds. The highest BCUT2D eigenvalue weighted by Gasteiger charge is 2.40. The normalized spacial score (nSPS) is 15.2. The van der Waals surface area contributed by atoms with E-state index in [-0.39, 0.29) is 0 Å². The van der Waals surface area contributed by atoms with Crippen LogP contribution < -0.4 is 5.32 Å². The topological polar surface area (TPSA) is 79.4 Å². The fourth-order valence-electron chi connectivity index (χ4n) is 2.33. The van der Waals surface area contributed by atoms with Gasteiger partial charge < -0.3 is 5.32 Å². The first-order valence-corrected chi connectivity index (χ1v) is 9.88. The van der Waals surface area contributed by atoms with Crippen LogP contribution in [0.4, 0.5) is 18.3 Å². The summed E-state index contributed by atoms with van der Waals surface area (Å²) in [5, 5.41) is 4.44. The minimum absolute atomic E-state index is 0.321. The highest BCUT2D eigenvalue weighted by Crippen LogP contribution is 2.34. The van der Waals surface area contributed by atoms with Gasteiger partial charge >= 0.3 is 6.18 Å². The molecule has 2 aromatic rings. The van der Waals surface area contributed by atoms with Crippen molar-refractivity contribution < 1.29 is 26.4 Å². The summed E-state index contributed by atoms with van der Waals surface area (Å²) in [6, 6.07) is 3.13. The van der Waals surface area contributed by atoms with E-state index in [1.165, 1.54) is 17.5 Å². The van der Waals surface area contributed by atoms with Crippen LogP contribution in [-0.4, -0.2) is 36.2 Å². The number of hydrogen-bond donors (Lipinski definition) is 1. The number of benzene rings is 1. The Bertz CT molecular complexity index is 894. The van der Waals surface area contributed by atoms with E-state index in [4.69, 9.17) is 0 Å². The molecule has 1 aromatic carbocycles. The fraction of sp³-hybridized carbons (Fsp3) is 0.333. The summed E-state index contributed by atoms with van der Waals surface area (Å²) in [6.45, 7) is -0.483. The second-order valence-electron chi connectivity index (χ2n) is 5.69. The molecule has 1 saturated carbocycles. The van der Waals surface area contributed by atoms with Crippen LogP contribution in [0.3, 0.4) is 0 Å². The third-order valence-corrected chi connectivity index (χ3v) is 6.28. The van der Waals surface area contributed by atoms with Crippen LogP contribution in [0, 0.1) is 0 Å². The van der Waals surface area contributed by atoms with E-state index in [0.29, 0.717) is 24.0 Å². The van der Waals surface area contributed by atoms with Crippen LogP contribution in [0.5, 0.6) is 0 Å². The number of thiazole rings is 1. The lowest BCUT2D eigenvalue weighted by Crippen LogP contribution is -2.39. The van der Waals surface area contributed by atoms with Crippen LogP contribution in [0.2, 0.25) is 0 Å². The molecule has 1 heterocycles. The number of alkyl halides is 3. The molecule has 0 bridgehead atoms. The minimum Gasteiger partial charge on any atom is -0.301 e. The number of rotatable bonds is 6. The molecule has 0 saturated heterocycles. The zero-order valence-corrected chi connectivity index (χ0v) is 14.9. The number of aromatic nitrogens is 1. The maximum absolute atomic E-state index is 12.9. The molecule has 1 fully saturated rings. The van der Waals surface area contributed by atoms with Gasteiger partial charge in [-0.3, -0.25) is 4.79 Å². The van der Waals surface area contributed by atoms with Gasteiger partial charge in [0.1, 0.15) is 0 Å². The Kier molecular flexibility index (Phi) is 5.04. The standard InChI is InChI=1S/C15H14F3N3O3S2/c16-15(17,18)10-2-1-3-12(8-10)26(23,24)21(11-4-5-11)9-13(22)20-14-19-6-7-25-14/h1-3,6-8,11H,4-5,9H2,(H,19,20,22). The lowest BCUT2D eigenvalue weighted by Gasteiger charge is -2.21. The molecule has 26 heavy (non-hydrogen) atoms. The van der Waals surface area contributed by atoms with Crippen LogP contribution in [0.1, 0.15) is 18.4 Å². The summed E-state index contributed by atoms with van der Waals surface area (Å²) in [7, 11) is -4.24. The van der Waals surface area contributed by atoms with E-state index in [9.17, 15) is 26.4 Å². The number of nitrogens with zero attached hydrogens (tertiary/aromatic N) is 2. The number of amides is 1. The van der Waals surface area contributed by atoms with E-state index in [1.807, 2.05) is 0 Å². The van der Waals surface area contributed by atoms with E-state index in [2.05, 4.69) is 10.3 Å². The minimum atomic E-state index is -4.65. The molecule has 6 nitrogen and oxygen atoms in total. The summed E-state index contributed by atoms with van der Waals surface area (Å²) in [4.78, 5) is 15.5. The van der Waals surface area contributed by atoms with Crippen molar-refractivity contribution in [2.75, 3.05) is 11.9 Å². The third kappa shape index (κ3) is 4.22. The van der Waals surface area contributed by atoms with Crippen molar-refractivity contribution >= 4 is 32.4 Å². The fourth-order valence-corrected chi connectivity index (χ4v) is 4.56. The van der Waals surface area contributed by atoms with Gasteiger partial charge in [0, 0.05) is 17.6 Å². The van der Waals surface area contributed by atoms with Crippen LogP contribution >= 0.6 is 11.3 Å². The quantitative estimate of drug-likeness (QED) is 0.802. The SMILES string of the molecule is O=C(CN(C1CC1)S(=O)(=O)c1cccc(C(F)(F)F)c1)Nc1nccs1. The van der Waals surface area contributed by atoms with E-state index >= 15 is 0 Å². The number of hydrogen-bond acceptors (Lipinski definition) is 5. The molecule has 1 aromatic heterocycles. The Morgan fingerprint density at radius 3 is 2.65 bits per heavy atom. The molecule has 1 N–H and O–H groups in total. The Hall–Kier alpha value is -1.98. The van der Waals surface area contributed by atoms with Crippen molar-refractivity contribution in [1.82, 2.24) is 9.29 Å². The number of carbonyl (C=O) groups excluding carboxylic acids is 1. The van der Waals surface area contributed by atoms with Gasteiger partial charge in [-0.2, -0.15) is 17.5 Å². The number of sulfonamides is 1. The third-order valence-electron chi connectivity index (χ3n) is 3.70. The van der Waals surface area contributed by atoms with Crippen molar-refractivity contribution in [1.29, 1.82) is 0 Å². The van der Waals surface area contributed by atoms with Gasteiger partial charge in [-0.15, -0.1) is 11.3 Å². The first-order valence-electron chi connectivity index (χ1n) is 7.56. The zero-order chi connectivity index (χ0) is 18.9. The zero-order valence-electron chi connectivity index (χ0n) is 13.2. The Labute approximate surface area is 151 Å². The summed E-state index contributed by atoms with van der Waals surface area (Å²) in [5.41, 5.74) is -1.05. The molecule has 0 atom stereocenters. The molecule has 3 rings (SSSR count). The number of carbonyl (C=O) groups is 1. The summed E-state index contributed by atoms with van der Waals surface area (Å²) < 4.78 is 65.2. The summed E-state index contributed by atoms with van der Waals surface area (Å²) in [5.74, 6) is -0.595. The number of anilines is 1. The van der Waals surface area contributed by atoms with Crippen molar-refractivity contribution in [2.24, 2.45) is 0 Å². The predicted molar refractivity (Wildman–Crippen MR) is 89.1 cm³/mol. The van der Waals surface area contributed by atoms with Gasteiger partial charge in [0.25, 0.3) is 0 Å². The highest BCUT2D eigenvalue weighted by atomic mass is 32.2. The second kappa shape index (κ2) is 6.97. The second-order valence-corrected chi connectivity index (χ2v) is 8.48. The van der Waals surface area contributed by atoms with E-state index < -0.39 is 45.2 Å². The Morgan fingerprint density at radius 1 is 1.35 bits per heavy atom. The average molecular weight is 405 g/mol. The molecule has 0 radical (unpaired) electrons. The summed E-state index contributed by atoms with van der Waals surface area (Å²) in [6.07, 6.45) is -2.05. The molecule has 0 spiro atoms. The maximum atomic E-state index is 12.9. The van der Waals surface area contributed by atoms with Crippen molar-refractivity contribution in [3.8, 4) is 0 Å². The van der Waals surface area contributed by atoms with Crippen LogP contribution in [0.25, 0.3) is 0 Å². The van der Waals surface area contributed by atoms with E-state index in [0.717, 1.165) is 22.5 Å². The monoisotopic (exact) mass is 405 g/mol.